The summed E-state index contributed by atoms with van der Waals surface area (Å²) >= 11 is 0. The Bertz CT molecular complexity index is 312. The number of alkyl halides is 1. The molecular formula is C9H10FNO2. The molecule has 0 saturated heterocycles. The van der Waals surface area contributed by atoms with Crippen molar-refractivity contribution in [2.45, 2.75) is 13.3 Å². The first-order valence-corrected chi connectivity index (χ1v) is 3.80. The Labute approximate surface area is 75.3 Å². The first kappa shape index (κ1) is 9.51. The smallest absolute Gasteiger partial charge is 0.248 e. The summed E-state index contributed by atoms with van der Waals surface area (Å²) in [5, 5.41) is 0. The van der Waals surface area contributed by atoms with Crippen LogP contribution in [0.2, 0.25) is 0 Å². The van der Waals surface area contributed by atoms with E-state index in [1.807, 2.05) is 0 Å². The topological polar surface area (TPSA) is 52.3 Å². The minimum atomic E-state index is -1.40. The van der Waals surface area contributed by atoms with Crippen molar-refractivity contribution in [2.24, 2.45) is 5.73 Å². The van der Waals surface area contributed by atoms with Gasteiger partial charge < -0.3 is 10.5 Å². The molecule has 3 nitrogen and oxygen atoms in total. The summed E-state index contributed by atoms with van der Waals surface area (Å²) in [4.78, 5) is 10.7. The fraction of sp³-hybridized carbons (Fsp3) is 0.222. The van der Waals surface area contributed by atoms with Gasteiger partial charge >= 0.3 is 0 Å². The molecule has 1 unspecified atom stereocenters. The first-order valence-electron chi connectivity index (χ1n) is 3.80. The van der Waals surface area contributed by atoms with Crippen molar-refractivity contribution in [3.05, 3.63) is 29.8 Å². The van der Waals surface area contributed by atoms with E-state index in [1.165, 1.54) is 19.1 Å². The maximum atomic E-state index is 12.4. The average molecular weight is 183 g/mol. The number of benzene rings is 1. The molecule has 0 aliphatic rings. The van der Waals surface area contributed by atoms with Crippen molar-refractivity contribution in [3.8, 4) is 5.75 Å². The third-order valence-corrected chi connectivity index (χ3v) is 1.42. The van der Waals surface area contributed by atoms with E-state index < -0.39 is 12.3 Å². The second-order valence-electron chi connectivity index (χ2n) is 2.55. The van der Waals surface area contributed by atoms with E-state index in [4.69, 9.17) is 10.5 Å². The summed E-state index contributed by atoms with van der Waals surface area (Å²) in [6, 6.07) is 6.08. The first-order chi connectivity index (χ1) is 6.09. The van der Waals surface area contributed by atoms with E-state index in [9.17, 15) is 9.18 Å². The van der Waals surface area contributed by atoms with Gasteiger partial charge in [-0.2, -0.15) is 0 Å². The van der Waals surface area contributed by atoms with Crippen LogP contribution in [0, 0.1) is 0 Å². The quantitative estimate of drug-likeness (QED) is 0.771. The molecule has 0 bridgehead atoms. The lowest BCUT2D eigenvalue weighted by atomic mass is 10.2. The van der Waals surface area contributed by atoms with Crippen molar-refractivity contribution < 1.29 is 13.9 Å². The van der Waals surface area contributed by atoms with Crippen molar-refractivity contribution in [1.29, 1.82) is 0 Å². The number of nitrogens with two attached hydrogens (primary N) is 1. The fourth-order valence-electron chi connectivity index (χ4n) is 0.910. The molecule has 0 heterocycles. The van der Waals surface area contributed by atoms with E-state index in [-0.39, 0.29) is 0 Å². The number of carbonyl (C=O) groups excluding carboxylic acids is 1. The molecule has 1 atom stereocenters. The van der Waals surface area contributed by atoms with Crippen LogP contribution in [0.15, 0.2) is 24.3 Å². The Kier molecular flexibility index (Phi) is 2.84. The maximum absolute atomic E-state index is 12.4. The number of carbonyl (C=O) groups is 1. The molecule has 1 amide bonds. The van der Waals surface area contributed by atoms with E-state index in [2.05, 4.69) is 0 Å². The highest BCUT2D eigenvalue weighted by Gasteiger charge is 2.04. The predicted octanol–water partition coefficient (Wildman–Crippen LogP) is 1.48. The van der Waals surface area contributed by atoms with Crippen LogP contribution in [-0.4, -0.2) is 12.3 Å². The van der Waals surface area contributed by atoms with Crippen LogP contribution in [0.25, 0.3) is 0 Å². The molecule has 0 saturated carbocycles. The molecule has 0 aromatic heterocycles. The van der Waals surface area contributed by atoms with Gasteiger partial charge in [-0.25, -0.2) is 4.39 Å². The predicted molar refractivity (Wildman–Crippen MR) is 46.2 cm³/mol. The minimum absolute atomic E-state index is 0.298. The van der Waals surface area contributed by atoms with Gasteiger partial charge in [-0.15, -0.1) is 0 Å². The summed E-state index contributed by atoms with van der Waals surface area (Å²) in [6.45, 7) is 1.26. The summed E-state index contributed by atoms with van der Waals surface area (Å²) in [5.74, 6) is -0.261. The molecule has 4 heteroatoms. The van der Waals surface area contributed by atoms with Crippen LogP contribution in [-0.2, 0) is 0 Å². The van der Waals surface area contributed by atoms with Gasteiger partial charge in [0.15, 0.2) is 0 Å². The number of hydrogen-bond acceptors (Lipinski definition) is 2. The normalized spacial score (nSPS) is 12.2. The van der Waals surface area contributed by atoms with Crippen LogP contribution >= 0.6 is 0 Å². The molecule has 70 valence electrons. The van der Waals surface area contributed by atoms with Crippen LogP contribution in [0.5, 0.6) is 5.75 Å². The largest absolute Gasteiger partial charge is 0.461 e. The monoisotopic (exact) mass is 183 g/mol. The lowest BCUT2D eigenvalue weighted by Gasteiger charge is -2.06. The van der Waals surface area contributed by atoms with Crippen LogP contribution < -0.4 is 10.5 Å². The Morgan fingerprint density at radius 1 is 1.62 bits per heavy atom. The summed E-state index contributed by atoms with van der Waals surface area (Å²) < 4.78 is 17.1. The lowest BCUT2D eigenvalue weighted by Crippen LogP contribution is -2.11. The minimum Gasteiger partial charge on any atom is -0.461 e. The Morgan fingerprint density at radius 3 is 2.85 bits per heavy atom. The molecule has 1 aromatic rings. The van der Waals surface area contributed by atoms with Crippen molar-refractivity contribution in [2.75, 3.05) is 0 Å². The van der Waals surface area contributed by atoms with Crippen molar-refractivity contribution >= 4 is 5.91 Å². The van der Waals surface area contributed by atoms with Gasteiger partial charge in [0.1, 0.15) is 5.75 Å². The molecule has 2 N–H and O–H groups in total. The Morgan fingerprint density at radius 2 is 2.31 bits per heavy atom. The third kappa shape index (κ3) is 2.74. The molecule has 1 rings (SSSR count). The van der Waals surface area contributed by atoms with Gasteiger partial charge in [-0.05, 0) is 18.2 Å². The third-order valence-electron chi connectivity index (χ3n) is 1.42. The zero-order chi connectivity index (χ0) is 9.84. The zero-order valence-electron chi connectivity index (χ0n) is 7.16. The van der Waals surface area contributed by atoms with Crippen LogP contribution in [0.1, 0.15) is 17.3 Å². The lowest BCUT2D eigenvalue weighted by molar-refractivity contribution is 0.0854. The Balaban J connectivity index is 2.85. The zero-order valence-corrected chi connectivity index (χ0v) is 7.16. The molecule has 13 heavy (non-hydrogen) atoms. The highest BCUT2D eigenvalue weighted by molar-refractivity contribution is 5.93. The SMILES string of the molecule is CC(F)Oc1cccc(C(N)=O)c1. The van der Waals surface area contributed by atoms with E-state index in [0.29, 0.717) is 11.3 Å². The van der Waals surface area contributed by atoms with Crippen LogP contribution in [0.3, 0.4) is 0 Å². The van der Waals surface area contributed by atoms with Crippen LogP contribution in [0.4, 0.5) is 4.39 Å². The molecule has 1 aromatic carbocycles. The molecular weight excluding hydrogens is 173 g/mol. The number of ether oxygens (including phenoxy) is 1. The standard InChI is InChI=1S/C9H10FNO2/c1-6(10)13-8-4-2-3-7(5-8)9(11)12/h2-6H,1H3,(H2,11,12). The van der Waals surface area contributed by atoms with E-state index >= 15 is 0 Å². The number of primary amides is 1. The van der Waals surface area contributed by atoms with Gasteiger partial charge in [0, 0.05) is 12.5 Å². The van der Waals surface area contributed by atoms with E-state index in [1.54, 1.807) is 12.1 Å². The molecule has 0 aliphatic heterocycles. The van der Waals surface area contributed by atoms with Gasteiger partial charge in [0.2, 0.25) is 12.3 Å². The van der Waals surface area contributed by atoms with Gasteiger partial charge in [0.25, 0.3) is 0 Å². The number of rotatable bonds is 3. The number of halogens is 1. The summed E-state index contributed by atoms with van der Waals surface area (Å²) in [6.07, 6.45) is -1.40. The Hall–Kier alpha value is -1.58. The maximum Gasteiger partial charge on any atom is 0.248 e. The number of hydrogen-bond donors (Lipinski definition) is 1. The number of amides is 1. The fourth-order valence-corrected chi connectivity index (χ4v) is 0.910. The van der Waals surface area contributed by atoms with E-state index in [0.717, 1.165) is 0 Å². The van der Waals surface area contributed by atoms with Gasteiger partial charge in [0.05, 0.1) is 0 Å². The van der Waals surface area contributed by atoms with Gasteiger partial charge in [-0.1, -0.05) is 6.07 Å². The second kappa shape index (κ2) is 3.89. The van der Waals surface area contributed by atoms with Crippen molar-refractivity contribution in [1.82, 2.24) is 0 Å². The summed E-state index contributed by atoms with van der Waals surface area (Å²) in [7, 11) is 0. The van der Waals surface area contributed by atoms with Crippen molar-refractivity contribution in [3.63, 3.8) is 0 Å². The molecule has 0 radical (unpaired) electrons. The molecule has 0 spiro atoms. The summed E-state index contributed by atoms with van der Waals surface area (Å²) in [5.41, 5.74) is 5.33. The highest BCUT2D eigenvalue weighted by atomic mass is 19.1. The molecule has 0 aliphatic carbocycles. The van der Waals surface area contributed by atoms with Gasteiger partial charge in [-0.3, -0.25) is 4.79 Å². The average Bonchev–Trinajstić information content (AvgIpc) is 2.03. The molecule has 0 fully saturated rings. The highest BCUT2D eigenvalue weighted by Crippen LogP contribution is 2.14. The second-order valence-corrected chi connectivity index (χ2v) is 2.55.